The van der Waals surface area contributed by atoms with Crippen LogP contribution in [0.5, 0.6) is 0 Å². The SMILES string of the molecule is O=C(O)CC(NC(=O)OCC1c2ccccc2-c2ccccc21)C(=O)N1CCC2(CCCO2)CC1. The Balaban J connectivity index is 1.22. The quantitative estimate of drug-likeness (QED) is 0.658. The van der Waals surface area contributed by atoms with Crippen molar-refractivity contribution in [2.45, 2.75) is 49.7 Å². The van der Waals surface area contributed by atoms with Crippen LogP contribution in [0.3, 0.4) is 0 Å². The fourth-order valence-corrected chi connectivity index (χ4v) is 5.66. The van der Waals surface area contributed by atoms with Gasteiger partial charge in [0, 0.05) is 25.6 Å². The molecule has 1 spiro atoms. The zero-order chi connectivity index (χ0) is 24.4. The van der Waals surface area contributed by atoms with Gasteiger partial charge in [-0.2, -0.15) is 0 Å². The maximum absolute atomic E-state index is 13.1. The van der Waals surface area contributed by atoms with Crippen molar-refractivity contribution in [3.05, 3.63) is 59.7 Å². The normalized spacial score (nSPS) is 19.1. The van der Waals surface area contributed by atoms with E-state index in [-0.39, 0.29) is 18.1 Å². The van der Waals surface area contributed by atoms with Crippen LogP contribution in [0.15, 0.2) is 48.5 Å². The Labute approximate surface area is 204 Å². The van der Waals surface area contributed by atoms with E-state index in [1.54, 1.807) is 4.90 Å². The van der Waals surface area contributed by atoms with E-state index in [9.17, 15) is 19.5 Å². The summed E-state index contributed by atoms with van der Waals surface area (Å²) >= 11 is 0. The molecule has 2 aromatic carbocycles. The van der Waals surface area contributed by atoms with Crippen LogP contribution in [0.2, 0.25) is 0 Å². The van der Waals surface area contributed by atoms with Crippen molar-refractivity contribution in [3.8, 4) is 11.1 Å². The molecule has 8 heteroatoms. The minimum Gasteiger partial charge on any atom is -0.481 e. The van der Waals surface area contributed by atoms with E-state index in [0.29, 0.717) is 13.1 Å². The summed E-state index contributed by atoms with van der Waals surface area (Å²) in [6.07, 6.45) is 2.18. The summed E-state index contributed by atoms with van der Waals surface area (Å²) in [6, 6.07) is 14.8. The lowest BCUT2D eigenvalue weighted by Crippen LogP contribution is -2.54. The topological polar surface area (TPSA) is 105 Å². The summed E-state index contributed by atoms with van der Waals surface area (Å²) in [5.41, 5.74) is 4.24. The Kier molecular flexibility index (Phi) is 6.47. The van der Waals surface area contributed by atoms with E-state index in [1.165, 1.54) is 0 Å². The molecular formula is C27H30N2O6. The minimum atomic E-state index is -1.18. The Morgan fingerprint density at radius 1 is 1.03 bits per heavy atom. The monoisotopic (exact) mass is 478 g/mol. The molecule has 1 aliphatic carbocycles. The van der Waals surface area contributed by atoms with Gasteiger partial charge >= 0.3 is 12.1 Å². The molecule has 35 heavy (non-hydrogen) atoms. The van der Waals surface area contributed by atoms with Crippen LogP contribution in [0, 0.1) is 0 Å². The first-order valence-electron chi connectivity index (χ1n) is 12.2. The molecule has 8 nitrogen and oxygen atoms in total. The number of hydrogen-bond acceptors (Lipinski definition) is 5. The Bertz CT molecular complexity index is 1070. The molecule has 2 aliphatic heterocycles. The fraction of sp³-hybridized carbons (Fsp3) is 0.444. The Morgan fingerprint density at radius 3 is 2.23 bits per heavy atom. The number of benzene rings is 2. The third kappa shape index (κ3) is 4.75. The first kappa shape index (κ1) is 23.4. The number of piperidine rings is 1. The third-order valence-corrected chi connectivity index (χ3v) is 7.48. The van der Waals surface area contributed by atoms with Gasteiger partial charge in [-0.25, -0.2) is 4.79 Å². The number of nitrogens with one attached hydrogen (secondary N) is 1. The van der Waals surface area contributed by atoms with Crippen molar-refractivity contribution in [2.24, 2.45) is 0 Å². The molecule has 2 heterocycles. The highest BCUT2D eigenvalue weighted by Crippen LogP contribution is 2.44. The molecule has 0 aromatic heterocycles. The van der Waals surface area contributed by atoms with Crippen LogP contribution in [0.1, 0.15) is 49.1 Å². The Hall–Kier alpha value is -3.39. The summed E-state index contributed by atoms with van der Waals surface area (Å²) in [5, 5.41) is 11.9. The molecule has 184 valence electrons. The number of carbonyl (C=O) groups excluding carboxylic acids is 2. The number of ether oxygens (including phenoxy) is 2. The van der Waals surface area contributed by atoms with Gasteiger partial charge in [0.05, 0.1) is 12.0 Å². The summed E-state index contributed by atoms with van der Waals surface area (Å²) in [5.74, 6) is -1.67. The molecule has 0 bridgehead atoms. The largest absolute Gasteiger partial charge is 0.481 e. The molecule has 1 unspecified atom stereocenters. The number of fused-ring (bicyclic) bond motifs is 3. The van der Waals surface area contributed by atoms with Crippen LogP contribution in [0.4, 0.5) is 4.79 Å². The van der Waals surface area contributed by atoms with Gasteiger partial charge in [0.15, 0.2) is 0 Å². The first-order valence-corrected chi connectivity index (χ1v) is 12.2. The van der Waals surface area contributed by atoms with Crippen molar-refractivity contribution in [1.82, 2.24) is 10.2 Å². The zero-order valence-corrected chi connectivity index (χ0v) is 19.6. The number of likely N-dealkylation sites (tertiary alicyclic amines) is 1. The van der Waals surface area contributed by atoms with Gasteiger partial charge in [-0.05, 0) is 47.9 Å². The number of nitrogens with zero attached hydrogens (tertiary/aromatic N) is 1. The highest BCUT2D eigenvalue weighted by molar-refractivity contribution is 5.89. The maximum Gasteiger partial charge on any atom is 0.407 e. The Morgan fingerprint density at radius 2 is 1.66 bits per heavy atom. The fourth-order valence-electron chi connectivity index (χ4n) is 5.66. The molecule has 3 aliphatic rings. The van der Waals surface area contributed by atoms with Gasteiger partial charge in [0.25, 0.3) is 0 Å². The predicted molar refractivity (Wildman–Crippen MR) is 128 cm³/mol. The second kappa shape index (κ2) is 9.70. The number of amides is 2. The molecule has 0 radical (unpaired) electrons. The van der Waals surface area contributed by atoms with E-state index >= 15 is 0 Å². The number of carboxylic acid groups (broad SMARTS) is 1. The van der Waals surface area contributed by atoms with E-state index in [0.717, 1.165) is 54.5 Å². The lowest BCUT2D eigenvalue weighted by molar-refractivity contribution is -0.144. The number of carboxylic acids is 1. The van der Waals surface area contributed by atoms with Gasteiger partial charge in [0.2, 0.25) is 5.91 Å². The van der Waals surface area contributed by atoms with Gasteiger partial charge in [-0.1, -0.05) is 48.5 Å². The molecule has 2 N–H and O–H groups in total. The van der Waals surface area contributed by atoms with Gasteiger partial charge in [-0.15, -0.1) is 0 Å². The summed E-state index contributed by atoms with van der Waals surface area (Å²) in [4.78, 5) is 38.9. The van der Waals surface area contributed by atoms with Crippen LogP contribution in [-0.4, -0.2) is 65.9 Å². The van der Waals surface area contributed by atoms with Crippen molar-refractivity contribution in [1.29, 1.82) is 0 Å². The lowest BCUT2D eigenvalue weighted by Gasteiger charge is -2.39. The van der Waals surface area contributed by atoms with E-state index in [4.69, 9.17) is 9.47 Å². The van der Waals surface area contributed by atoms with Crippen LogP contribution in [-0.2, 0) is 19.1 Å². The number of aliphatic carboxylic acids is 1. The number of alkyl carbamates (subject to hydrolysis) is 1. The van der Waals surface area contributed by atoms with Crippen molar-refractivity contribution >= 4 is 18.0 Å². The predicted octanol–water partition coefficient (Wildman–Crippen LogP) is 3.54. The third-order valence-electron chi connectivity index (χ3n) is 7.48. The molecule has 0 saturated carbocycles. The second-order valence-corrected chi connectivity index (χ2v) is 9.58. The van der Waals surface area contributed by atoms with Crippen molar-refractivity contribution in [2.75, 3.05) is 26.3 Å². The van der Waals surface area contributed by atoms with Crippen LogP contribution >= 0.6 is 0 Å². The van der Waals surface area contributed by atoms with E-state index in [1.807, 2.05) is 36.4 Å². The molecule has 2 saturated heterocycles. The van der Waals surface area contributed by atoms with E-state index in [2.05, 4.69) is 17.4 Å². The smallest absolute Gasteiger partial charge is 0.407 e. The number of carbonyl (C=O) groups is 3. The van der Waals surface area contributed by atoms with Crippen LogP contribution < -0.4 is 5.32 Å². The molecule has 1 atom stereocenters. The highest BCUT2D eigenvalue weighted by Gasteiger charge is 2.41. The average Bonchev–Trinajstić information content (AvgIpc) is 3.45. The van der Waals surface area contributed by atoms with E-state index < -0.39 is 30.4 Å². The second-order valence-electron chi connectivity index (χ2n) is 9.58. The van der Waals surface area contributed by atoms with Crippen molar-refractivity contribution in [3.63, 3.8) is 0 Å². The summed E-state index contributed by atoms with van der Waals surface area (Å²) in [6.45, 7) is 1.82. The first-order chi connectivity index (χ1) is 17.0. The van der Waals surface area contributed by atoms with Gasteiger partial charge in [0.1, 0.15) is 12.6 Å². The van der Waals surface area contributed by atoms with Crippen molar-refractivity contribution < 1.29 is 29.0 Å². The molecule has 2 aromatic rings. The maximum atomic E-state index is 13.1. The minimum absolute atomic E-state index is 0.0947. The number of hydrogen-bond donors (Lipinski definition) is 2. The summed E-state index contributed by atoms with van der Waals surface area (Å²) in [7, 11) is 0. The molecular weight excluding hydrogens is 448 g/mol. The van der Waals surface area contributed by atoms with Crippen LogP contribution in [0.25, 0.3) is 11.1 Å². The molecule has 2 fully saturated rings. The average molecular weight is 479 g/mol. The van der Waals surface area contributed by atoms with Gasteiger partial charge in [-0.3, -0.25) is 9.59 Å². The van der Waals surface area contributed by atoms with Gasteiger partial charge < -0.3 is 24.8 Å². The highest BCUT2D eigenvalue weighted by atomic mass is 16.5. The standard InChI is InChI=1S/C27H30N2O6/c30-24(31)16-23(25(32)29-13-11-27(12-14-29)10-5-15-35-27)28-26(33)34-17-22-20-8-3-1-6-18(20)19-7-2-4-9-21(19)22/h1-4,6-9,22-23H,5,10-17H2,(H,28,33)(H,30,31). The zero-order valence-electron chi connectivity index (χ0n) is 19.6. The molecule has 5 rings (SSSR count). The lowest BCUT2D eigenvalue weighted by atomic mass is 9.88. The molecule has 2 amide bonds. The number of rotatable bonds is 6. The summed E-state index contributed by atoms with van der Waals surface area (Å²) < 4.78 is 11.4.